The second kappa shape index (κ2) is 5.82. The van der Waals surface area contributed by atoms with E-state index in [9.17, 15) is 4.79 Å². The number of benzene rings is 1. The van der Waals surface area contributed by atoms with Crippen molar-refractivity contribution in [2.24, 2.45) is 11.7 Å². The Labute approximate surface area is 112 Å². The minimum atomic E-state index is 0.181. The maximum absolute atomic E-state index is 11.4. The molecule has 0 radical (unpaired) electrons. The number of carbonyl (C=O) groups is 1. The lowest BCUT2D eigenvalue weighted by atomic mass is 10.2. The van der Waals surface area contributed by atoms with Crippen molar-refractivity contribution < 1.29 is 4.79 Å². The monoisotopic (exact) mass is 263 g/mol. The van der Waals surface area contributed by atoms with E-state index in [0.717, 1.165) is 24.1 Å². The van der Waals surface area contributed by atoms with Gasteiger partial charge >= 0.3 is 0 Å². The average Bonchev–Trinajstić information content (AvgIpc) is 3.19. The SMILES string of the molecule is NC(=S)c1ccc(NCCNC(=O)C2CC2)cc1. The van der Waals surface area contributed by atoms with Crippen LogP contribution < -0.4 is 16.4 Å². The molecule has 0 saturated heterocycles. The molecular formula is C13H17N3OS. The Kier molecular flexibility index (Phi) is 4.15. The van der Waals surface area contributed by atoms with Gasteiger partial charge in [0.1, 0.15) is 4.99 Å². The fourth-order valence-corrected chi connectivity index (χ4v) is 1.77. The van der Waals surface area contributed by atoms with Gasteiger partial charge < -0.3 is 16.4 Å². The first-order valence-electron chi connectivity index (χ1n) is 6.08. The van der Waals surface area contributed by atoms with E-state index in [2.05, 4.69) is 10.6 Å². The normalized spacial score (nSPS) is 14.0. The van der Waals surface area contributed by atoms with E-state index in [1.807, 2.05) is 24.3 Å². The summed E-state index contributed by atoms with van der Waals surface area (Å²) in [5.74, 6) is 0.454. The molecule has 1 saturated carbocycles. The molecule has 0 bridgehead atoms. The lowest BCUT2D eigenvalue weighted by molar-refractivity contribution is -0.122. The van der Waals surface area contributed by atoms with Gasteiger partial charge in [0, 0.05) is 30.3 Å². The van der Waals surface area contributed by atoms with Crippen molar-refractivity contribution in [3.05, 3.63) is 29.8 Å². The third kappa shape index (κ3) is 3.70. The summed E-state index contributed by atoms with van der Waals surface area (Å²) < 4.78 is 0. The van der Waals surface area contributed by atoms with Crippen LogP contribution in [0.15, 0.2) is 24.3 Å². The zero-order chi connectivity index (χ0) is 13.0. The molecule has 18 heavy (non-hydrogen) atoms. The van der Waals surface area contributed by atoms with Crippen LogP contribution in [0.4, 0.5) is 5.69 Å². The number of thiocarbonyl (C=S) groups is 1. The molecule has 2 rings (SSSR count). The van der Waals surface area contributed by atoms with E-state index in [-0.39, 0.29) is 11.8 Å². The molecule has 0 heterocycles. The summed E-state index contributed by atoms with van der Waals surface area (Å²) in [5, 5.41) is 6.13. The quantitative estimate of drug-likeness (QED) is 0.534. The van der Waals surface area contributed by atoms with Crippen LogP contribution in [0.3, 0.4) is 0 Å². The highest BCUT2D eigenvalue weighted by Gasteiger charge is 2.28. The van der Waals surface area contributed by atoms with Crippen LogP contribution in [-0.2, 0) is 4.79 Å². The van der Waals surface area contributed by atoms with Gasteiger partial charge in [-0.15, -0.1) is 0 Å². The minimum Gasteiger partial charge on any atom is -0.389 e. The molecule has 0 spiro atoms. The summed E-state index contributed by atoms with van der Waals surface area (Å²) >= 11 is 4.88. The van der Waals surface area contributed by atoms with Crippen molar-refractivity contribution in [1.82, 2.24) is 5.32 Å². The van der Waals surface area contributed by atoms with Crippen molar-refractivity contribution in [2.45, 2.75) is 12.8 Å². The van der Waals surface area contributed by atoms with Crippen LogP contribution in [-0.4, -0.2) is 24.0 Å². The molecule has 4 N–H and O–H groups in total. The first kappa shape index (κ1) is 12.8. The summed E-state index contributed by atoms with van der Waals surface area (Å²) in [6.45, 7) is 1.36. The van der Waals surface area contributed by atoms with Crippen LogP contribution in [0.25, 0.3) is 0 Å². The number of nitrogens with two attached hydrogens (primary N) is 1. The van der Waals surface area contributed by atoms with E-state index in [1.165, 1.54) is 0 Å². The van der Waals surface area contributed by atoms with Crippen LogP contribution in [0.1, 0.15) is 18.4 Å². The lowest BCUT2D eigenvalue weighted by Gasteiger charge is -2.08. The van der Waals surface area contributed by atoms with E-state index in [1.54, 1.807) is 0 Å². The number of anilines is 1. The molecule has 1 aromatic carbocycles. The van der Waals surface area contributed by atoms with Gasteiger partial charge in [-0.25, -0.2) is 0 Å². The van der Waals surface area contributed by atoms with Gasteiger partial charge in [0.2, 0.25) is 5.91 Å². The Hall–Kier alpha value is -1.62. The van der Waals surface area contributed by atoms with Gasteiger partial charge in [-0.3, -0.25) is 4.79 Å². The molecule has 0 aliphatic heterocycles. The third-order valence-electron chi connectivity index (χ3n) is 2.87. The number of amides is 1. The highest BCUT2D eigenvalue weighted by atomic mass is 32.1. The van der Waals surface area contributed by atoms with E-state index in [4.69, 9.17) is 18.0 Å². The number of rotatable bonds is 6. The highest BCUT2D eigenvalue weighted by molar-refractivity contribution is 7.80. The molecule has 0 aromatic heterocycles. The zero-order valence-corrected chi connectivity index (χ0v) is 10.9. The predicted octanol–water partition coefficient (Wildman–Crippen LogP) is 1.26. The fraction of sp³-hybridized carbons (Fsp3) is 0.385. The number of carbonyl (C=O) groups excluding carboxylic acids is 1. The van der Waals surface area contributed by atoms with Gasteiger partial charge in [-0.05, 0) is 37.1 Å². The van der Waals surface area contributed by atoms with E-state index in [0.29, 0.717) is 18.1 Å². The Balaban J connectivity index is 1.69. The largest absolute Gasteiger partial charge is 0.389 e. The fourth-order valence-electron chi connectivity index (χ4n) is 1.63. The maximum atomic E-state index is 11.4. The Morgan fingerprint density at radius 1 is 1.28 bits per heavy atom. The molecule has 0 atom stereocenters. The minimum absolute atomic E-state index is 0.181. The summed E-state index contributed by atoms with van der Waals surface area (Å²) in [7, 11) is 0. The average molecular weight is 263 g/mol. The lowest BCUT2D eigenvalue weighted by Crippen LogP contribution is -2.29. The van der Waals surface area contributed by atoms with Crippen LogP contribution in [0.2, 0.25) is 0 Å². The Bertz CT molecular complexity index is 440. The van der Waals surface area contributed by atoms with Gasteiger partial charge in [0.15, 0.2) is 0 Å². The van der Waals surface area contributed by atoms with Gasteiger partial charge in [0.25, 0.3) is 0 Å². The van der Waals surface area contributed by atoms with Crippen molar-refractivity contribution in [2.75, 3.05) is 18.4 Å². The smallest absolute Gasteiger partial charge is 0.223 e. The van der Waals surface area contributed by atoms with Gasteiger partial charge in [-0.1, -0.05) is 12.2 Å². The first-order chi connectivity index (χ1) is 8.66. The molecule has 4 nitrogen and oxygen atoms in total. The number of hydrogen-bond donors (Lipinski definition) is 3. The Morgan fingerprint density at radius 2 is 1.94 bits per heavy atom. The molecule has 96 valence electrons. The van der Waals surface area contributed by atoms with Crippen molar-refractivity contribution in [3.63, 3.8) is 0 Å². The van der Waals surface area contributed by atoms with Crippen LogP contribution in [0, 0.1) is 5.92 Å². The molecule has 0 unspecified atom stereocenters. The van der Waals surface area contributed by atoms with Crippen LogP contribution >= 0.6 is 12.2 Å². The van der Waals surface area contributed by atoms with Crippen molar-refractivity contribution >= 4 is 28.8 Å². The van der Waals surface area contributed by atoms with Gasteiger partial charge in [0.05, 0.1) is 0 Å². The Morgan fingerprint density at radius 3 is 2.50 bits per heavy atom. The summed E-state index contributed by atoms with van der Waals surface area (Å²) in [6.07, 6.45) is 2.08. The molecule has 1 fully saturated rings. The standard InChI is InChI=1S/C13H17N3OS/c14-12(18)9-3-5-11(6-4-9)15-7-8-16-13(17)10-1-2-10/h3-6,10,15H,1-2,7-8H2,(H2,14,18)(H,16,17). The summed E-state index contributed by atoms with van der Waals surface area (Å²) in [5.41, 5.74) is 7.37. The van der Waals surface area contributed by atoms with Crippen molar-refractivity contribution in [3.8, 4) is 0 Å². The van der Waals surface area contributed by atoms with Crippen molar-refractivity contribution in [1.29, 1.82) is 0 Å². The van der Waals surface area contributed by atoms with E-state index < -0.39 is 0 Å². The van der Waals surface area contributed by atoms with Gasteiger partial charge in [-0.2, -0.15) is 0 Å². The number of hydrogen-bond acceptors (Lipinski definition) is 3. The molecule has 1 aromatic rings. The second-order valence-electron chi connectivity index (χ2n) is 4.43. The molecule has 1 aliphatic rings. The molecule has 5 heteroatoms. The second-order valence-corrected chi connectivity index (χ2v) is 4.87. The number of nitrogens with one attached hydrogen (secondary N) is 2. The summed E-state index contributed by atoms with van der Waals surface area (Å²) in [6, 6.07) is 7.62. The zero-order valence-electron chi connectivity index (χ0n) is 10.1. The molecule has 1 amide bonds. The first-order valence-corrected chi connectivity index (χ1v) is 6.49. The predicted molar refractivity (Wildman–Crippen MR) is 76.6 cm³/mol. The van der Waals surface area contributed by atoms with E-state index >= 15 is 0 Å². The highest BCUT2D eigenvalue weighted by Crippen LogP contribution is 2.28. The topological polar surface area (TPSA) is 67.2 Å². The summed E-state index contributed by atoms with van der Waals surface area (Å²) in [4.78, 5) is 11.8. The van der Waals surface area contributed by atoms with Crippen LogP contribution in [0.5, 0.6) is 0 Å². The molecular weight excluding hydrogens is 246 g/mol. The maximum Gasteiger partial charge on any atom is 0.223 e. The molecule has 1 aliphatic carbocycles. The third-order valence-corrected chi connectivity index (χ3v) is 3.11.